The maximum atomic E-state index is 12.2. The van der Waals surface area contributed by atoms with E-state index < -0.39 is 8.07 Å². The molecular weight excluding hydrogens is 338 g/mol. The third-order valence-electron chi connectivity index (χ3n) is 3.21. The predicted molar refractivity (Wildman–Crippen MR) is 86.8 cm³/mol. The number of aryl methyl sites for hydroxylation is 1. The number of nitrogens with zero attached hydrogens (tertiary/aromatic N) is 3. The number of fused-ring (bicyclic) bond motifs is 1. The molecule has 0 bridgehead atoms. The highest BCUT2D eigenvalue weighted by Crippen LogP contribution is 2.21. The minimum Gasteiger partial charge on any atom is -0.361 e. The van der Waals surface area contributed by atoms with E-state index >= 15 is 0 Å². The van der Waals surface area contributed by atoms with Gasteiger partial charge in [0.1, 0.15) is 6.73 Å². The van der Waals surface area contributed by atoms with Gasteiger partial charge in [-0.05, 0) is 22.0 Å². The maximum absolute atomic E-state index is 12.2. The van der Waals surface area contributed by atoms with Gasteiger partial charge in [-0.3, -0.25) is 14.1 Å². The van der Waals surface area contributed by atoms with Crippen molar-refractivity contribution in [3.63, 3.8) is 0 Å². The average Bonchev–Trinajstić information content (AvgIpc) is 2.59. The highest BCUT2D eigenvalue weighted by Gasteiger charge is 2.15. The van der Waals surface area contributed by atoms with Crippen LogP contribution in [-0.2, 0) is 18.5 Å². The van der Waals surface area contributed by atoms with E-state index in [1.807, 2.05) is 0 Å². The Balaban J connectivity index is 2.21. The fourth-order valence-corrected chi connectivity index (χ4v) is 3.33. The lowest BCUT2D eigenvalue weighted by Crippen LogP contribution is -2.25. The van der Waals surface area contributed by atoms with Crippen LogP contribution >= 0.6 is 15.9 Å². The van der Waals surface area contributed by atoms with Crippen molar-refractivity contribution in [3.8, 4) is 0 Å². The monoisotopic (exact) mass is 357 g/mol. The first-order valence-corrected chi connectivity index (χ1v) is 11.1. The summed E-state index contributed by atoms with van der Waals surface area (Å²) >= 11 is 3.43. The molecule has 2 heterocycles. The van der Waals surface area contributed by atoms with Gasteiger partial charge in [0, 0.05) is 27.9 Å². The van der Waals surface area contributed by atoms with Crippen molar-refractivity contribution in [1.29, 1.82) is 0 Å². The lowest BCUT2D eigenvalue weighted by molar-refractivity contribution is 0.0873. The van der Waals surface area contributed by atoms with Crippen LogP contribution in [0.5, 0.6) is 0 Å². The van der Waals surface area contributed by atoms with Gasteiger partial charge in [0.15, 0.2) is 0 Å². The molecule has 5 nitrogen and oxygen atoms in total. The number of pyridine rings is 1. The molecule has 0 aliphatic carbocycles. The highest BCUT2D eigenvalue weighted by molar-refractivity contribution is 9.10. The number of halogens is 1. The molecule has 0 N–H and O–H groups in total. The number of hydrogen-bond acceptors (Lipinski definition) is 3. The van der Waals surface area contributed by atoms with E-state index in [1.165, 1.54) is 0 Å². The fourth-order valence-electron chi connectivity index (χ4n) is 1.99. The zero-order valence-electron chi connectivity index (χ0n) is 12.3. The minimum absolute atomic E-state index is 0.0818. The molecule has 0 saturated carbocycles. The summed E-state index contributed by atoms with van der Waals surface area (Å²) in [5.74, 6) is 0. The van der Waals surface area contributed by atoms with E-state index in [0.717, 1.165) is 21.6 Å². The summed E-state index contributed by atoms with van der Waals surface area (Å²) in [5.41, 5.74) is 1.56. The van der Waals surface area contributed by atoms with Gasteiger partial charge in [-0.2, -0.15) is 0 Å². The SMILES string of the molecule is Cn1c(=O)n(COCC[Si](C)(C)C)c2cncc(Br)c21. The number of hydrogen-bond donors (Lipinski definition) is 0. The van der Waals surface area contributed by atoms with Crippen LogP contribution in [0.4, 0.5) is 0 Å². The van der Waals surface area contributed by atoms with Gasteiger partial charge in [0.2, 0.25) is 0 Å². The molecule has 2 aromatic rings. The Bertz CT molecular complexity index is 673. The van der Waals surface area contributed by atoms with Gasteiger partial charge in [0.25, 0.3) is 0 Å². The van der Waals surface area contributed by atoms with Crippen LogP contribution in [0, 0.1) is 0 Å². The van der Waals surface area contributed by atoms with Gasteiger partial charge in [0.05, 0.1) is 21.7 Å². The highest BCUT2D eigenvalue weighted by atomic mass is 79.9. The summed E-state index contributed by atoms with van der Waals surface area (Å²) in [5, 5.41) is 0. The second-order valence-electron chi connectivity index (χ2n) is 6.11. The van der Waals surface area contributed by atoms with Crippen molar-refractivity contribution in [1.82, 2.24) is 14.1 Å². The molecule has 0 aliphatic heterocycles. The van der Waals surface area contributed by atoms with Crippen molar-refractivity contribution in [2.75, 3.05) is 6.61 Å². The third kappa shape index (κ3) is 3.21. The van der Waals surface area contributed by atoms with Gasteiger partial charge < -0.3 is 4.74 Å². The minimum atomic E-state index is -1.10. The topological polar surface area (TPSA) is 49.0 Å². The van der Waals surface area contributed by atoms with Crippen molar-refractivity contribution in [3.05, 3.63) is 27.4 Å². The number of aromatic nitrogens is 3. The molecule has 0 fully saturated rings. The molecule has 0 spiro atoms. The molecule has 0 atom stereocenters. The Hall–Kier alpha value is -0.923. The van der Waals surface area contributed by atoms with Crippen LogP contribution in [0.1, 0.15) is 0 Å². The van der Waals surface area contributed by atoms with Crippen LogP contribution in [0.3, 0.4) is 0 Å². The van der Waals surface area contributed by atoms with Crippen molar-refractivity contribution in [2.24, 2.45) is 7.05 Å². The summed E-state index contributed by atoms with van der Waals surface area (Å²) < 4.78 is 9.73. The number of rotatable bonds is 5. The van der Waals surface area contributed by atoms with Gasteiger partial charge in [-0.15, -0.1) is 0 Å². The Labute approximate surface area is 127 Å². The molecule has 7 heteroatoms. The number of ether oxygens (including phenoxy) is 1. The Morgan fingerprint density at radius 1 is 1.35 bits per heavy atom. The van der Waals surface area contributed by atoms with Crippen LogP contribution in [0.2, 0.25) is 25.7 Å². The molecule has 0 aliphatic rings. The van der Waals surface area contributed by atoms with Crippen molar-refractivity contribution >= 4 is 35.0 Å². The largest absolute Gasteiger partial charge is 0.361 e. The fraction of sp³-hybridized carbons (Fsp3) is 0.538. The van der Waals surface area contributed by atoms with Crippen LogP contribution in [0.25, 0.3) is 11.0 Å². The van der Waals surface area contributed by atoms with Crippen molar-refractivity contribution in [2.45, 2.75) is 32.4 Å². The standard InChI is InChI=1S/C13H20BrN3O2Si/c1-16-12-10(14)7-15-8-11(12)17(13(16)18)9-19-5-6-20(2,3)4/h7-8H,5-6,9H2,1-4H3. The maximum Gasteiger partial charge on any atom is 0.330 e. The molecule has 110 valence electrons. The van der Waals surface area contributed by atoms with E-state index in [4.69, 9.17) is 4.74 Å². The zero-order valence-corrected chi connectivity index (χ0v) is 14.9. The summed E-state index contributed by atoms with van der Waals surface area (Å²) in [6.45, 7) is 7.89. The number of imidazole rings is 1. The summed E-state index contributed by atoms with van der Waals surface area (Å²) in [7, 11) is 0.654. The van der Waals surface area contributed by atoms with Gasteiger partial charge >= 0.3 is 5.69 Å². The molecule has 20 heavy (non-hydrogen) atoms. The Kier molecular flexibility index (Phi) is 4.51. The summed E-state index contributed by atoms with van der Waals surface area (Å²) in [6.07, 6.45) is 3.39. The van der Waals surface area contributed by atoms with E-state index in [0.29, 0.717) is 6.61 Å². The van der Waals surface area contributed by atoms with Gasteiger partial charge in [-0.1, -0.05) is 19.6 Å². The van der Waals surface area contributed by atoms with E-state index in [-0.39, 0.29) is 12.4 Å². The van der Waals surface area contributed by atoms with Crippen LogP contribution < -0.4 is 5.69 Å². The predicted octanol–water partition coefficient (Wildman–Crippen LogP) is 2.81. The van der Waals surface area contributed by atoms with E-state index in [1.54, 1.807) is 28.6 Å². The van der Waals surface area contributed by atoms with E-state index in [2.05, 4.69) is 40.6 Å². The normalized spacial score (nSPS) is 12.2. The average molecular weight is 358 g/mol. The van der Waals surface area contributed by atoms with E-state index in [9.17, 15) is 4.79 Å². The molecule has 0 amide bonds. The molecular formula is C13H20BrN3O2Si. The summed E-state index contributed by atoms with van der Waals surface area (Å²) in [6, 6.07) is 1.09. The lowest BCUT2D eigenvalue weighted by atomic mass is 10.4. The van der Waals surface area contributed by atoms with Gasteiger partial charge in [-0.25, -0.2) is 4.79 Å². The molecule has 0 saturated heterocycles. The summed E-state index contributed by atoms with van der Waals surface area (Å²) in [4.78, 5) is 16.4. The second-order valence-corrected chi connectivity index (χ2v) is 12.6. The second kappa shape index (κ2) is 5.83. The quantitative estimate of drug-likeness (QED) is 0.610. The first kappa shape index (κ1) is 15.5. The molecule has 2 rings (SSSR count). The van der Waals surface area contributed by atoms with Crippen LogP contribution in [-0.4, -0.2) is 28.8 Å². The molecule has 0 unspecified atom stereocenters. The van der Waals surface area contributed by atoms with Crippen LogP contribution in [0.15, 0.2) is 21.7 Å². The first-order chi connectivity index (χ1) is 9.31. The molecule has 0 radical (unpaired) electrons. The lowest BCUT2D eigenvalue weighted by Gasteiger charge is -2.15. The van der Waals surface area contributed by atoms with Crippen molar-refractivity contribution < 1.29 is 4.74 Å². The Morgan fingerprint density at radius 3 is 2.70 bits per heavy atom. The zero-order chi connectivity index (χ0) is 14.9. The smallest absolute Gasteiger partial charge is 0.330 e. The third-order valence-corrected chi connectivity index (χ3v) is 5.50. The first-order valence-electron chi connectivity index (χ1n) is 6.58. The Morgan fingerprint density at radius 2 is 2.05 bits per heavy atom. The molecule has 2 aromatic heterocycles. The molecule has 0 aromatic carbocycles.